The quantitative estimate of drug-likeness (QED) is 0.0752. The first-order valence-electron chi connectivity index (χ1n) is 11.3. The van der Waals surface area contributed by atoms with Gasteiger partial charge in [0.25, 0.3) is 5.91 Å². The van der Waals surface area contributed by atoms with Crippen LogP contribution in [0.3, 0.4) is 0 Å². The Hall–Kier alpha value is -4.98. The fourth-order valence-electron chi connectivity index (χ4n) is 3.83. The van der Waals surface area contributed by atoms with E-state index in [4.69, 9.17) is 10.6 Å². The van der Waals surface area contributed by atoms with Crippen molar-refractivity contribution >= 4 is 47.3 Å². The number of azide groups is 1. The summed E-state index contributed by atoms with van der Waals surface area (Å²) in [6, 6.07) is 2.71. The van der Waals surface area contributed by atoms with Crippen LogP contribution in [0.4, 0.5) is 10.5 Å². The number of carboxylic acids is 3. The first kappa shape index (κ1) is 29.3. The number of carboxylic acid groups (broad SMARTS) is 3. The maximum atomic E-state index is 13.0. The molecule has 1 aliphatic rings. The standard InChI is InChI=1S/C22H24N6O10/c23-27-26-12-6-4-11(5-7-12)17(31)24-10-2-1-3-14(21(36)37)28-19(33)16(18(32)25-22(28)38)13(20(34)35)8-9-15(29)30/h4-7,13-14,16H,1-3,8-10H2,(H,24,31)(H,29,30)(H,34,35)(H,36,37)(H,25,32,38)/t13-,14-,16?/m0/s1. The molecule has 0 spiro atoms. The average molecular weight is 532 g/mol. The Bertz CT molecular complexity index is 1180. The second-order valence-corrected chi connectivity index (χ2v) is 8.20. The molecule has 1 aromatic carbocycles. The summed E-state index contributed by atoms with van der Waals surface area (Å²) < 4.78 is 0. The minimum Gasteiger partial charge on any atom is -0.481 e. The van der Waals surface area contributed by atoms with Crippen molar-refractivity contribution in [2.75, 3.05) is 6.54 Å². The van der Waals surface area contributed by atoms with E-state index in [1.165, 1.54) is 24.3 Å². The van der Waals surface area contributed by atoms with Gasteiger partial charge in [0, 0.05) is 29.1 Å². The van der Waals surface area contributed by atoms with Crippen LogP contribution in [0.5, 0.6) is 0 Å². The van der Waals surface area contributed by atoms with Gasteiger partial charge in [0.05, 0.1) is 5.92 Å². The largest absolute Gasteiger partial charge is 0.481 e. The van der Waals surface area contributed by atoms with Crippen LogP contribution in [-0.4, -0.2) is 74.5 Å². The highest BCUT2D eigenvalue weighted by atomic mass is 16.4. The zero-order valence-corrected chi connectivity index (χ0v) is 19.8. The summed E-state index contributed by atoms with van der Waals surface area (Å²) in [6.07, 6.45) is -1.17. The number of nitrogens with one attached hydrogen (secondary N) is 2. The van der Waals surface area contributed by atoms with Crippen LogP contribution in [0, 0.1) is 11.8 Å². The summed E-state index contributed by atoms with van der Waals surface area (Å²) in [7, 11) is 0. The highest BCUT2D eigenvalue weighted by molar-refractivity contribution is 6.18. The van der Waals surface area contributed by atoms with Crippen molar-refractivity contribution in [1.82, 2.24) is 15.5 Å². The molecule has 0 bridgehead atoms. The predicted molar refractivity (Wildman–Crippen MR) is 125 cm³/mol. The molecule has 16 nitrogen and oxygen atoms in total. The van der Waals surface area contributed by atoms with Gasteiger partial charge in [0.1, 0.15) is 12.0 Å². The van der Waals surface area contributed by atoms with E-state index in [0.717, 1.165) is 0 Å². The Labute approximate surface area is 214 Å². The maximum Gasteiger partial charge on any atom is 0.331 e. The molecule has 0 saturated carbocycles. The molecule has 202 valence electrons. The SMILES string of the molecule is [N-]=[N+]=Nc1ccc(C(=O)NCCCC[C@@H](C(=O)O)N2C(=O)NC(=O)C([C@H](CCC(=O)O)C(=O)O)C2=O)cc1. The van der Waals surface area contributed by atoms with Gasteiger partial charge in [-0.05, 0) is 43.3 Å². The molecule has 1 aliphatic heterocycles. The molecule has 5 N–H and O–H groups in total. The van der Waals surface area contributed by atoms with E-state index in [0.29, 0.717) is 5.69 Å². The summed E-state index contributed by atoms with van der Waals surface area (Å²) in [5.74, 6) is -11.4. The Kier molecular flexibility index (Phi) is 10.3. The number of hydrogen-bond donors (Lipinski definition) is 5. The van der Waals surface area contributed by atoms with Crippen LogP contribution in [0.2, 0.25) is 0 Å². The lowest BCUT2D eigenvalue weighted by atomic mass is 9.85. The average Bonchev–Trinajstić information content (AvgIpc) is 2.84. The summed E-state index contributed by atoms with van der Waals surface area (Å²) in [5, 5.41) is 35.7. The fourth-order valence-corrected chi connectivity index (χ4v) is 3.83. The minimum absolute atomic E-state index is 0.112. The van der Waals surface area contributed by atoms with Crippen LogP contribution in [0.1, 0.15) is 42.5 Å². The molecule has 3 atom stereocenters. The van der Waals surface area contributed by atoms with Crippen molar-refractivity contribution in [2.45, 2.75) is 38.1 Å². The van der Waals surface area contributed by atoms with Gasteiger partial charge in [-0.2, -0.15) is 0 Å². The first-order chi connectivity index (χ1) is 18.0. The van der Waals surface area contributed by atoms with Crippen molar-refractivity contribution in [1.29, 1.82) is 0 Å². The molecule has 2 rings (SSSR count). The van der Waals surface area contributed by atoms with E-state index in [9.17, 15) is 43.8 Å². The lowest BCUT2D eigenvalue weighted by Gasteiger charge is -2.35. The number of urea groups is 1. The number of rotatable bonds is 14. The molecule has 1 fully saturated rings. The topological polar surface area (TPSA) is 256 Å². The van der Waals surface area contributed by atoms with Gasteiger partial charge >= 0.3 is 23.9 Å². The molecular formula is C22H24N6O10. The summed E-state index contributed by atoms with van der Waals surface area (Å²) in [6.45, 7) is 0.112. The van der Waals surface area contributed by atoms with E-state index >= 15 is 0 Å². The maximum absolute atomic E-state index is 13.0. The van der Waals surface area contributed by atoms with Crippen molar-refractivity contribution in [3.8, 4) is 0 Å². The number of carbonyl (C=O) groups is 7. The summed E-state index contributed by atoms with van der Waals surface area (Å²) in [4.78, 5) is 87.1. The molecule has 1 unspecified atom stereocenters. The molecule has 38 heavy (non-hydrogen) atoms. The Morgan fingerprint density at radius 2 is 1.68 bits per heavy atom. The monoisotopic (exact) mass is 532 g/mol. The first-order valence-corrected chi connectivity index (χ1v) is 11.3. The Morgan fingerprint density at radius 1 is 1.03 bits per heavy atom. The van der Waals surface area contributed by atoms with Crippen LogP contribution in [-0.2, 0) is 24.0 Å². The number of barbiturate groups is 1. The van der Waals surface area contributed by atoms with E-state index in [-0.39, 0.29) is 36.3 Å². The van der Waals surface area contributed by atoms with Crippen molar-refractivity contribution in [2.24, 2.45) is 17.0 Å². The third-order valence-electron chi connectivity index (χ3n) is 5.70. The lowest BCUT2D eigenvalue weighted by Crippen LogP contribution is -2.64. The number of nitrogens with zero attached hydrogens (tertiary/aromatic N) is 4. The van der Waals surface area contributed by atoms with Crippen molar-refractivity contribution in [3.63, 3.8) is 0 Å². The molecule has 0 radical (unpaired) electrons. The number of carbonyl (C=O) groups excluding carboxylic acids is 4. The number of aliphatic carboxylic acids is 3. The van der Waals surface area contributed by atoms with E-state index in [1.807, 2.05) is 0 Å². The third kappa shape index (κ3) is 7.51. The van der Waals surface area contributed by atoms with Crippen LogP contribution in [0.25, 0.3) is 10.4 Å². The van der Waals surface area contributed by atoms with E-state index < -0.39 is 72.4 Å². The van der Waals surface area contributed by atoms with E-state index in [2.05, 4.69) is 15.3 Å². The van der Waals surface area contributed by atoms with Crippen molar-refractivity contribution < 1.29 is 48.9 Å². The summed E-state index contributed by atoms with van der Waals surface area (Å²) >= 11 is 0. The molecule has 1 saturated heterocycles. The van der Waals surface area contributed by atoms with Gasteiger partial charge < -0.3 is 20.6 Å². The predicted octanol–water partition coefficient (Wildman–Crippen LogP) is 1.24. The second kappa shape index (κ2) is 13.4. The molecular weight excluding hydrogens is 508 g/mol. The fraction of sp³-hybridized carbons (Fsp3) is 0.409. The number of hydrogen-bond acceptors (Lipinski definition) is 8. The van der Waals surface area contributed by atoms with Crippen LogP contribution < -0.4 is 10.6 Å². The molecule has 5 amide bonds. The Morgan fingerprint density at radius 3 is 2.24 bits per heavy atom. The lowest BCUT2D eigenvalue weighted by molar-refractivity contribution is -0.160. The molecule has 1 aromatic rings. The van der Waals surface area contributed by atoms with E-state index in [1.54, 1.807) is 5.32 Å². The van der Waals surface area contributed by atoms with Crippen molar-refractivity contribution in [3.05, 3.63) is 40.3 Å². The van der Waals surface area contributed by atoms with Crippen LogP contribution in [0.15, 0.2) is 29.4 Å². The van der Waals surface area contributed by atoms with Gasteiger partial charge in [0.2, 0.25) is 11.8 Å². The third-order valence-corrected chi connectivity index (χ3v) is 5.70. The normalized spacial score (nSPS) is 16.6. The summed E-state index contributed by atoms with van der Waals surface area (Å²) in [5.41, 5.74) is 9.01. The zero-order valence-electron chi connectivity index (χ0n) is 19.8. The Balaban J connectivity index is 2.02. The molecule has 0 aliphatic carbocycles. The van der Waals surface area contributed by atoms with Crippen LogP contribution >= 0.6 is 0 Å². The van der Waals surface area contributed by atoms with Gasteiger partial charge in [-0.3, -0.25) is 29.3 Å². The van der Waals surface area contributed by atoms with Gasteiger partial charge in [0.15, 0.2) is 0 Å². The van der Waals surface area contributed by atoms with Gasteiger partial charge in [-0.1, -0.05) is 17.2 Å². The van der Waals surface area contributed by atoms with Gasteiger partial charge in [-0.15, -0.1) is 0 Å². The second-order valence-electron chi connectivity index (χ2n) is 8.20. The number of unbranched alkanes of at least 4 members (excludes halogenated alkanes) is 1. The highest BCUT2D eigenvalue weighted by Gasteiger charge is 2.50. The number of imide groups is 2. The van der Waals surface area contributed by atoms with Gasteiger partial charge in [-0.25, -0.2) is 14.5 Å². The molecule has 1 heterocycles. The smallest absolute Gasteiger partial charge is 0.331 e. The molecule has 16 heteroatoms. The zero-order chi connectivity index (χ0) is 28.4. The highest BCUT2D eigenvalue weighted by Crippen LogP contribution is 2.27. The number of amides is 5. The molecule has 0 aromatic heterocycles. The number of benzene rings is 1. The minimum atomic E-state index is -1.99.